The van der Waals surface area contributed by atoms with E-state index in [1.165, 1.54) is 0 Å². The van der Waals surface area contributed by atoms with Crippen molar-refractivity contribution < 1.29 is 20.4 Å². The number of hydrogen-bond donors (Lipinski definition) is 4. The van der Waals surface area contributed by atoms with Crippen LogP contribution in [0.2, 0.25) is 0 Å². The van der Waals surface area contributed by atoms with Gasteiger partial charge in [-0.15, -0.1) is 0 Å². The molecule has 136 valence electrons. The summed E-state index contributed by atoms with van der Waals surface area (Å²) >= 11 is 0. The van der Waals surface area contributed by atoms with E-state index in [0.717, 1.165) is 25.7 Å². The minimum Gasteiger partial charge on any atom is -0.393 e. The van der Waals surface area contributed by atoms with Gasteiger partial charge in [-0.3, -0.25) is 0 Å². The molecular formula is C16H44O4Si. The van der Waals surface area contributed by atoms with Gasteiger partial charge < -0.3 is 20.4 Å². The molecule has 0 radical (unpaired) electrons. The molecule has 0 aromatic rings. The zero-order valence-electron chi connectivity index (χ0n) is 14.9. The van der Waals surface area contributed by atoms with Gasteiger partial charge in [-0.1, -0.05) is 27.7 Å². The molecule has 4 N–H and O–H groups in total. The Morgan fingerprint density at radius 2 is 0.524 bits per heavy atom. The van der Waals surface area contributed by atoms with Gasteiger partial charge in [0.1, 0.15) is 0 Å². The monoisotopic (exact) mass is 328 g/mol. The lowest BCUT2D eigenvalue weighted by molar-refractivity contribution is 0.190. The van der Waals surface area contributed by atoms with Crippen LogP contribution in [0.15, 0.2) is 0 Å². The quantitative estimate of drug-likeness (QED) is 0.592. The van der Waals surface area contributed by atoms with Crippen LogP contribution in [0.1, 0.15) is 81.1 Å². The molecule has 21 heavy (non-hydrogen) atoms. The molecule has 0 spiro atoms. The zero-order valence-corrected chi connectivity index (χ0v) is 14.9. The van der Waals surface area contributed by atoms with Crippen molar-refractivity contribution in [2.75, 3.05) is 0 Å². The van der Waals surface area contributed by atoms with Gasteiger partial charge in [0, 0.05) is 0 Å². The maximum absolute atomic E-state index is 8.36. The molecule has 0 rings (SSSR count). The molecule has 0 saturated carbocycles. The van der Waals surface area contributed by atoms with Gasteiger partial charge in [-0.05, 0) is 64.3 Å². The Kier molecular flexibility index (Phi) is 44.2. The highest BCUT2D eigenvalue weighted by Gasteiger charge is 1.83. The lowest BCUT2D eigenvalue weighted by Gasteiger charge is -1.90. The molecule has 0 heterocycles. The molecule has 0 aromatic heterocycles. The highest BCUT2D eigenvalue weighted by molar-refractivity contribution is 5.75. The van der Waals surface area contributed by atoms with Crippen LogP contribution in [0.25, 0.3) is 0 Å². The maximum atomic E-state index is 8.36. The number of aliphatic hydroxyl groups is 4. The van der Waals surface area contributed by atoms with Crippen LogP contribution in [0.5, 0.6) is 0 Å². The average Bonchev–Trinajstić information content (AvgIpc) is 2.40. The summed E-state index contributed by atoms with van der Waals surface area (Å²) in [6.07, 6.45) is 2.98. The Balaban J connectivity index is -0.0000000533. The summed E-state index contributed by atoms with van der Waals surface area (Å²) in [5.41, 5.74) is 0. The first-order chi connectivity index (χ1) is 9.08. The van der Waals surface area contributed by atoms with Crippen molar-refractivity contribution >= 4 is 11.0 Å². The van der Waals surface area contributed by atoms with E-state index in [4.69, 9.17) is 20.4 Å². The minimum absolute atomic E-state index is 0. The topological polar surface area (TPSA) is 80.9 Å². The molecule has 0 aromatic carbocycles. The lowest BCUT2D eigenvalue weighted by Crippen LogP contribution is -1.93. The second-order valence-electron chi connectivity index (χ2n) is 5.03. The maximum Gasteiger partial charge on any atom is 0.0509 e. The average molecular weight is 329 g/mol. The van der Waals surface area contributed by atoms with Crippen LogP contribution in [0.4, 0.5) is 0 Å². The molecule has 0 saturated heterocycles. The van der Waals surface area contributed by atoms with Gasteiger partial charge in [0.2, 0.25) is 0 Å². The Hall–Kier alpha value is 0.0569. The van der Waals surface area contributed by atoms with Crippen molar-refractivity contribution in [2.45, 2.75) is 105 Å². The molecule has 0 bridgehead atoms. The predicted octanol–water partition coefficient (Wildman–Crippen LogP) is 1.66. The fourth-order valence-corrected chi connectivity index (χ4v) is 0. The third-order valence-electron chi connectivity index (χ3n) is 2.36. The molecule has 4 atom stereocenters. The largest absolute Gasteiger partial charge is 0.393 e. The molecular weight excluding hydrogens is 284 g/mol. The Morgan fingerprint density at radius 3 is 0.524 bits per heavy atom. The zero-order chi connectivity index (χ0) is 17.1. The second kappa shape index (κ2) is 28.3. The van der Waals surface area contributed by atoms with Crippen molar-refractivity contribution in [2.24, 2.45) is 0 Å². The van der Waals surface area contributed by atoms with Gasteiger partial charge >= 0.3 is 0 Å². The van der Waals surface area contributed by atoms with Crippen LogP contribution in [0, 0.1) is 0 Å². The summed E-state index contributed by atoms with van der Waals surface area (Å²) in [7, 11) is 0. The Morgan fingerprint density at radius 1 is 0.476 bits per heavy atom. The van der Waals surface area contributed by atoms with Gasteiger partial charge in [0.25, 0.3) is 0 Å². The molecule has 0 aliphatic rings. The van der Waals surface area contributed by atoms with E-state index in [2.05, 4.69) is 0 Å². The Labute approximate surface area is 137 Å². The summed E-state index contributed by atoms with van der Waals surface area (Å²) in [5.74, 6) is 0. The number of rotatable bonds is 4. The first-order valence-electron chi connectivity index (χ1n) is 7.80. The van der Waals surface area contributed by atoms with Gasteiger partial charge in [-0.25, -0.2) is 0 Å². The summed E-state index contributed by atoms with van der Waals surface area (Å²) < 4.78 is 0. The predicted molar refractivity (Wildman–Crippen MR) is 99.2 cm³/mol. The number of aliphatic hydroxyl groups excluding tert-OH is 4. The SMILES string of the molecule is CCC(C)O.CCC(C)O.CCC(C)O.CCC(C)O.[SiH4]. The van der Waals surface area contributed by atoms with Crippen LogP contribution >= 0.6 is 0 Å². The summed E-state index contributed by atoms with van der Waals surface area (Å²) in [4.78, 5) is 0. The van der Waals surface area contributed by atoms with E-state index in [-0.39, 0.29) is 35.4 Å². The van der Waals surface area contributed by atoms with E-state index < -0.39 is 0 Å². The van der Waals surface area contributed by atoms with Crippen molar-refractivity contribution in [3.8, 4) is 0 Å². The first-order valence-corrected chi connectivity index (χ1v) is 7.80. The van der Waals surface area contributed by atoms with Gasteiger partial charge in [0.05, 0.1) is 24.4 Å². The molecule has 0 aliphatic carbocycles. The molecule has 4 unspecified atom stereocenters. The van der Waals surface area contributed by atoms with Crippen LogP contribution in [0.3, 0.4) is 0 Å². The van der Waals surface area contributed by atoms with E-state index in [9.17, 15) is 0 Å². The fourth-order valence-electron chi connectivity index (χ4n) is 0. The first kappa shape index (κ1) is 32.9. The third kappa shape index (κ3) is 101. The van der Waals surface area contributed by atoms with Crippen molar-refractivity contribution in [3.05, 3.63) is 0 Å². The van der Waals surface area contributed by atoms with Crippen molar-refractivity contribution in [3.63, 3.8) is 0 Å². The highest BCUT2D eigenvalue weighted by atomic mass is 28.1. The number of hydrogen-bond acceptors (Lipinski definition) is 4. The van der Waals surface area contributed by atoms with Crippen LogP contribution < -0.4 is 0 Å². The normalized spacial score (nSPS) is 14.3. The van der Waals surface area contributed by atoms with E-state index in [0.29, 0.717) is 0 Å². The van der Waals surface area contributed by atoms with Crippen LogP contribution in [-0.2, 0) is 0 Å². The molecule has 5 heteroatoms. The van der Waals surface area contributed by atoms with Gasteiger partial charge in [0.15, 0.2) is 0 Å². The Bertz CT molecular complexity index is 108. The smallest absolute Gasteiger partial charge is 0.0509 e. The summed E-state index contributed by atoms with van der Waals surface area (Å²) in [6.45, 7) is 14.9. The van der Waals surface area contributed by atoms with E-state index >= 15 is 0 Å². The molecule has 0 fully saturated rings. The van der Waals surface area contributed by atoms with Gasteiger partial charge in [-0.2, -0.15) is 0 Å². The minimum atomic E-state index is -0.116. The van der Waals surface area contributed by atoms with E-state index in [1.807, 2.05) is 27.7 Å². The standard InChI is InChI=1S/4C4H10O.H4Si/c4*1-3-4(2)5;/h4*4-5H,3H2,1-2H3;1H4. The van der Waals surface area contributed by atoms with Crippen molar-refractivity contribution in [1.82, 2.24) is 0 Å². The highest BCUT2D eigenvalue weighted by Crippen LogP contribution is 1.83. The fraction of sp³-hybridized carbons (Fsp3) is 1.00. The second-order valence-corrected chi connectivity index (χ2v) is 5.03. The summed E-state index contributed by atoms with van der Waals surface area (Å²) in [5, 5.41) is 33.4. The molecule has 0 amide bonds. The third-order valence-corrected chi connectivity index (χ3v) is 2.36. The van der Waals surface area contributed by atoms with Crippen LogP contribution in [-0.4, -0.2) is 55.8 Å². The molecule has 0 aliphatic heterocycles. The van der Waals surface area contributed by atoms with E-state index in [1.54, 1.807) is 27.7 Å². The molecule has 4 nitrogen and oxygen atoms in total. The lowest BCUT2D eigenvalue weighted by atomic mass is 10.3. The van der Waals surface area contributed by atoms with Crippen molar-refractivity contribution in [1.29, 1.82) is 0 Å². The summed E-state index contributed by atoms with van der Waals surface area (Å²) in [6, 6.07) is 0.